The van der Waals surface area contributed by atoms with Crippen LogP contribution in [0.1, 0.15) is 57.4 Å². The van der Waals surface area contributed by atoms with Gasteiger partial charge in [0.05, 0.1) is 6.10 Å². The van der Waals surface area contributed by atoms with E-state index in [2.05, 4.69) is 54.5 Å². The van der Waals surface area contributed by atoms with Gasteiger partial charge >= 0.3 is 0 Å². The molecule has 1 aliphatic heterocycles. The maximum absolute atomic E-state index is 10.8. The number of nitrogens with zero attached hydrogens (tertiary/aromatic N) is 1. The van der Waals surface area contributed by atoms with Crippen molar-refractivity contribution in [3.8, 4) is 5.75 Å². The molecule has 149 valence electrons. The fourth-order valence-electron chi connectivity index (χ4n) is 4.76. The van der Waals surface area contributed by atoms with E-state index in [1.54, 1.807) is 0 Å². The Labute approximate surface area is 169 Å². The fourth-order valence-corrected chi connectivity index (χ4v) is 4.76. The SMILES string of the molecule is CCC1CCC(Oc2ccc3cc(CN4CCC([C]=O)CC4)ccc3c2)CC1. The molecule has 2 aromatic carbocycles. The molecule has 0 aromatic heterocycles. The minimum atomic E-state index is 0.142. The number of fused-ring (bicyclic) bond motifs is 1. The quantitative estimate of drug-likeness (QED) is 0.664. The molecule has 2 aliphatic rings. The molecule has 0 unspecified atom stereocenters. The summed E-state index contributed by atoms with van der Waals surface area (Å²) in [6.07, 6.45) is 10.7. The topological polar surface area (TPSA) is 29.5 Å². The Balaban J connectivity index is 1.37. The van der Waals surface area contributed by atoms with Crippen molar-refractivity contribution in [3.63, 3.8) is 0 Å². The minimum Gasteiger partial charge on any atom is -0.490 e. The Morgan fingerprint density at radius 3 is 2.39 bits per heavy atom. The molecule has 0 N–H and O–H groups in total. The minimum absolute atomic E-state index is 0.142. The van der Waals surface area contributed by atoms with Crippen LogP contribution >= 0.6 is 0 Å². The van der Waals surface area contributed by atoms with Crippen molar-refractivity contribution in [2.75, 3.05) is 13.1 Å². The predicted octanol–water partition coefficient (Wildman–Crippen LogP) is 5.51. The van der Waals surface area contributed by atoms with E-state index in [4.69, 9.17) is 4.74 Å². The van der Waals surface area contributed by atoms with Gasteiger partial charge in [0, 0.05) is 12.5 Å². The second-order valence-corrected chi connectivity index (χ2v) is 8.68. The molecule has 28 heavy (non-hydrogen) atoms. The maximum Gasteiger partial charge on any atom is 0.201 e. The highest BCUT2D eigenvalue weighted by Crippen LogP contribution is 2.31. The third-order valence-corrected chi connectivity index (χ3v) is 6.71. The standard InChI is InChI=1S/C25H32NO2/c1-2-19-4-8-24(9-5-19)28-25-10-7-22-15-21(3-6-23(22)16-25)17-26-13-11-20(18-27)12-14-26/h3,6-7,10,15-16,19-20,24H,2,4-5,8-9,11-14,17H2,1H3. The first-order valence-corrected chi connectivity index (χ1v) is 11.0. The highest BCUT2D eigenvalue weighted by atomic mass is 16.5. The zero-order valence-electron chi connectivity index (χ0n) is 17.0. The molecular weight excluding hydrogens is 346 g/mol. The third kappa shape index (κ3) is 4.75. The van der Waals surface area contributed by atoms with E-state index < -0.39 is 0 Å². The largest absolute Gasteiger partial charge is 0.490 e. The Morgan fingerprint density at radius 1 is 0.964 bits per heavy atom. The zero-order valence-corrected chi connectivity index (χ0v) is 17.0. The summed E-state index contributed by atoms with van der Waals surface area (Å²) in [7, 11) is 0. The van der Waals surface area contributed by atoms with Crippen LogP contribution in [0.2, 0.25) is 0 Å². The van der Waals surface area contributed by atoms with Gasteiger partial charge in [-0.15, -0.1) is 0 Å². The average molecular weight is 379 g/mol. The molecular formula is C25H32NO2. The van der Waals surface area contributed by atoms with E-state index in [-0.39, 0.29) is 5.92 Å². The molecule has 1 heterocycles. The van der Waals surface area contributed by atoms with Crippen molar-refractivity contribution in [1.29, 1.82) is 0 Å². The molecule has 1 saturated heterocycles. The number of ether oxygens (including phenoxy) is 1. The van der Waals surface area contributed by atoms with Crippen molar-refractivity contribution in [1.82, 2.24) is 4.90 Å². The number of likely N-dealkylation sites (tertiary alicyclic amines) is 1. The van der Waals surface area contributed by atoms with Crippen LogP contribution in [-0.2, 0) is 11.3 Å². The second kappa shape index (κ2) is 9.09. The number of hydrogen-bond donors (Lipinski definition) is 0. The monoisotopic (exact) mass is 378 g/mol. The Bertz CT molecular complexity index is 786. The van der Waals surface area contributed by atoms with Crippen LogP contribution in [-0.4, -0.2) is 30.4 Å². The summed E-state index contributed by atoms with van der Waals surface area (Å²) in [6, 6.07) is 13.3. The summed E-state index contributed by atoms with van der Waals surface area (Å²) < 4.78 is 6.29. The van der Waals surface area contributed by atoms with E-state index >= 15 is 0 Å². The van der Waals surface area contributed by atoms with Gasteiger partial charge in [0.1, 0.15) is 5.75 Å². The maximum atomic E-state index is 10.8. The lowest BCUT2D eigenvalue weighted by molar-refractivity contribution is 0.130. The van der Waals surface area contributed by atoms with Crippen LogP contribution < -0.4 is 4.74 Å². The molecule has 1 saturated carbocycles. The van der Waals surface area contributed by atoms with Gasteiger partial charge in [0.2, 0.25) is 6.29 Å². The molecule has 0 bridgehead atoms. The van der Waals surface area contributed by atoms with E-state index in [0.29, 0.717) is 6.10 Å². The Morgan fingerprint density at radius 2 is 1.68 bits per heavy atom. The van der Waals surface area contributed by atoms with Gasteiger partial charge in [-0.3, -0.25) is 9.69 Å². The van der Waals surface area contributed by atoms with Crippen LogP contribution in [0.3, 0.4) is 0 Å². The lowest BCUT2D eigenvalue weighted by atomic mass is 9.86. The van der Waals surface area contributed by atoms with Crippen molar-refractivity contribution >= 4 is 17.1 Å². The first-order chi connectivity index (χ1) is 13.7. The number of carbonyl (C=O) groups excluding carboxylic acids is 1. The third-order valence-electron chi connectivity index (χ3n) is 6.71. The van der Waals surface area contributed by atoms with Gasteiger partial charge in [-0.1, -0.05) is 31.5 Å². The summed E-state index contributed by atoms with van der Waals surface area (Å²) in [5.41, 5.74) is 1.34. The molecule has 2 aromatic rings. The summed E-state index contributed by atoms with van der Waals surface area (Å²) in [6.45, 7) is 5.24. The molecule has 1 radical (unpaired) electrons. The van der Waals surface area contributed by atoms with Crippen LogP contribution in [0.4, 0.5) is 0 Å². The lowest BCUT2D eigenvalue weighted by Gasteiger charge is -2.29. The molecule has 0 spiro atoms. The van der Waals surface area contributed by atoms with Gasteiger partial charge in [-0.2, -0.15) is 0 Å². The summed E-state index contributed by atoms with van der Waals surface area (Å²) in [5.74, 6) is 2.05. The number of benzene rings is 2. The number of piperidine rings is 1. The Kier molecular flexibility index (Phi) is 6.31. The van der Waals surface area contributed by atoms with Gasteiger partial charge < -0.3 is 4.74 Å². The van der Waals surface area contributed by atoms with Gasteiger partial charge in [0.25, 0.3) is 0 Å². The van der Waals surface area contributed by atoms with Crippen LogP contribution in [0, 0.1) is 11.8 Å². The van der Waals surface area contributed by atoms with Crippen LogP contribution in [0.25, 0.3) is 10.8 Å². The number of hydrogen-bond acceptors (Lipinski definition) is 3. The molecule has 4 rings (SSSR count). The van der Waals surface area contributed by atoms with E-state index in [1.807, 2.05) is 0 Å². The van der Waals surface area contributed by atoms with Gasteiger partial charge in [-0.25, -0.2) is 0 Å². The van der Waals surface area contributed by atoms with Crippen LogP contribution in [0.5, 0.6) is 5.75 Å². The first-order valence-electron chi connectivity index (χ1n) is 11.0. The van der Waals surface area contributed by atoms with Crippen molar-refractivity contribution in [3.05, 3.63) is 42.0 Å². The van der Waals surface area contributed by atoms with Gasteiger partial charge in [0.15, 0.2) is 0 Å². The molecule has 2 fully saturated rings. The first kappa shape index (κ1) is 19.4. The van der Waals surface area contributed by atoms with Crippen molar-refractivity contribution in [2.45, 2.75) is 64.5 Å². The average Bonchev–Trinajstić information content (AvgIpc) is 2.75. The van der Waals surface area contributed by atoms with Crippen molar-refractivity contribution in [2.24, 2.45) is 11.8 Å². The molecule has 3 heteroatoms. The van der Waals surface area contributed by atoms with Crippen molar-refractivity contribution < 1.29 is 9.53 Å². The summed E-state index contributed by atoms with van der Waals surface area (Å²) in [5, 5.41) is 2.52. The van der Waals surface area contributed by atoms with E-state index in [1.165, 1.54) is 48.4 Å². The summed E-state index contributed by atoms with van der Waals surface area (Å²) in [4.78, 5) is 13.2. The molecule has 0 amide bonds. The molecule has 3 nitrogen and oxygen atoms in total. The number of rotatable bonds is 6. The predicted molar refractivity (Wildman–Crippen MR) is 114 cm³/mol. The van der Waals surface area contributed by atoms with Gasteiger partial charge in [-0.05, 0) is 92.1 Å². The second-order valence-electron chi connectivity index (χ2n) is 8.68. The molecule has 0 atom stereocenters. The Hall–Kier alpha value is -1.87. The molecule has 1 aliphatic carbocycles. The van der Waals surface area contributed by atoms with E-state index in [0.717, 1.165) is 44.1 Å². The summed E-state index contributed by atoms with van der Waals surface area (Å²) >= 11 is 0. The van der Waals surface area contributed by atoms with E-state index in [9.17, 15) is 4.79 Å². The fraction of sp³-hybridized carbons (Fsp3) is 0.560. The highest BCUT2D eigenvalue weighted by molar-refractivity contribution is 5.84. The zero-order chi connectivity index (χ0) is 19.3. The normalized spacial score (nSPS) is 24.3. The smallest absolute Gasteiger partial charge is 0.201 e. The van der Waals surface area contributed by atoms with Crippen LogP contribution in [0.15, 0.2) is 36.4 Å². The lowest BCUT2D eigenvalue weighted by Crippen LogP contribution is -2.33. The highest BCUT2D eigenvalue weighted by Gasteiger charge is 2.21.